The Balaban J connectivity index is 2.09. The van der Waals surface area contributed by atoms with Crippen molar-refractivity contribution in [3.8, 4) is 0 Å². The molecule has 3 nitrogen and oxygen atoms in total. The summed E-state index contributed by atoms with van der Waals surface area (Å²) in [6.07, 6.45) is 9.71. The van der Waals surface area contributed by atoms with Crippen LogP contribution in [0.1, 0.15) is 69.6 Å². The standard InChI is InChI=1S/C17H24ClN3/c1-3-15(13-8-5-4-6-9-13)21-16(12(2)18)20-14-10-7-11-19-17(14)21/h7,10-13,15H,3-6,8-9H2,1-2H3. The maximum absolute atomic E-state index is 6.41. The Bertz CT molecular complexity index is 599. The lowest BCUT2D eigenvalue weighted by molar-refractivity contribution is 0.242. The highest BCUT2D eigenvalue weighted by atomic mass is 35.5. The molecule has 0 aliphatic heterocycles. The smallest absolute Gasteiger partial charge is 0.160 e. The lowest BCUT2D eigenvalue weighted by atomic mass is 9.82. The van der Waals surface area contributed by atoms with Crippen LogP contribution in [0.5, 0.6) is 0 Å². The van der Waals surface area contributed by atoms with Gasteiger partial charge in [0.2, 0.25) is 0 Å². The second-order valence-electron chi connectivity index (χ2n) is 6.18. The van der Waals surface area contributed by atoms with Crippen LogP contribution in [0.2, 0.25) is 0 Å². The third kappa shape index (κ3) is 2.80. The summed E-state index contributed by atoms with van der Waals surface area (Å²) in [4.78, 5) is 9.33. The van der Waals surface area contributed by atoms with Crippen LogP contribution in [-0.2, 0) is 0 Å². The quantitative estimate of drug-likeness (QED) is 0.721. The molecule has 2 unspecified atom stereocenters. The number of rotatable bonds is 4. The fraction of sp³-hybridized carbons (Fsp3) is 0.647. The van der Waals surface area contributed by atoms with E-state index < -0.39 is 0 Å². The van der Waals surface area contributed by atoms with Crippen LogP contribution in [0.4, 0.5) is 0 Å². The van der Waals surface area contributed by atoms with E-state index in [0.29, 0.717) is 6.04 Å². The molecule has 0 radical (unpaired) electrons. The van der Waals surface area contributed by atoms with E-state index in [2.05, 4.69) is 16.5 Å². The summed E-state index contributed by atoms with van der Waals surface area (Å²) in [7, 11) is 0. The van der Waals surface area contributed by atoms with Gasteiger partial charge in [0, 0.05) is 12.2 Å². The first-order valence-electron chi connectivity index (χ1n) is 8.19. The van der Waals surface area contributed by atoms with E-state index in [4.69, 9.17) is 16.6 Å². The Labute approximate surface area is 131 Å². The van der Waals surface area contributed by atoms with Gasteiger partial charge in [0.25, 0.3) is 0 Å². The predicted octanol–water partition coefficient (Wildman–Crippen LogP) is 5.26. The third-order valence-electron chi connectivity index (χ3n) is 4.78. The summed E-state index contributed by atoms with van der Waals surface area (Å²) in [5.41, 5.74) is 1.96. The molecule has 0 amide bonds. The Morgan fingerprint density at radius 3 is 2.76 bits per heavy atom. The van der Waals surface area contributed by atoms with Gasteiger partial charge >= 0.3 is 0 Å². The molecule has 0 N–H and O–H groups in total. The monoisotopic (exact) mass is 305 g/mol. The molecule has 1 aliphatic rings. The molecule has 0 saturated heterocycles. The minimum atomic E-state index is -0.0863. The summed E-state index contributed by atoms with van der Waals surface area (Å²) in [6.45, 7) is 4.28. The molecule has 0 spiro atoms. The summed E-state index contributed by atoms with van der Waals surface area (Å²) in [5, 5.41) is -0.0863. The molecule has 1 fully saturated rings. The number of alkyl halides is 1. The molecule has 1 aliphatic carbocycles. The molecule has 21 heavy (non-hydrogen) atoms. The van der Waals surface area contributed by atoms with E-state index in [9.17, 15) is 0 Å². The van der Waals surface area contributed by atoms with Crippen LogP contribution >= 0.6 is 11.6 Å². The summed E-state index contributed by atoms with van der Waals surface area (Å²) < 4.78 is 2.34. The first kappa shape index (κ1) is 14.8. The number of fused-ring (bicyclic) bond motifs is 1. The highest BCUT2D eigenvalue weighted by Crippen LogP contribution is 2.38. The van der Waals surface area contributed by atoms with Crippen molar-refractivity contribution >= 4 is 22.8 Å². The zero-order chi connectivity index (χ0) is 14.8. The van der Waals surface area contributed by atoms with Crippen molar-refractivity contribution in [3.05, 3.63) is 24.2 Å². The minimum absolute atomic E-state index is 0.0863. The number of hydrogen-bond acceptors (Lipinski definition) is 2. The van der Waals surface area contributed by atoms with Crippen molar-refractivity contribution < 1.29 is 0 Å². The van der Waals surface area contributed by atoms with E-state index in [0.717, 1.165) is 29.3 Å². The van der Waals surface area contributed by atoms with Gasteiger partial charge in [-0.15, -0.1) is 11.6 Å². The van der Waals surface area contributed by atoms with Gasteiger partial charge in [0.1, 0.15) is 11.3 Å². The summed E-state index contributed by atoms with van der Waals surface area (Å²) in [6, 6.07) is 4.46. The molecule has 2 aromatic heterocycles. The van der Waals surface area contributed by atoms with Crippen LogP contribution < -0.4 is 0 Å². The predicted molar refractivity (Wildman–Crippen MR) is 87.7 cm³/mol. The molecule has 0 bridgehead atoms. The van der Waals surface area contributed by atoms with Gasteiger partial charge < -0.3 is 4.57 Å². The van der Waals surface area contributed by atoms with Crippen LogP contribution in [0, 0.1) is 5.92 Å². The SMILES string of the molecule is CCC(C1CCCCC1)n1c(C(C)Cl)nc2cccnc21. The molecule has 114 valence electrons. The topological polar surface area (TPSA) is 30.7 Å². The normalized spacial score (nSPS) is 19.8. The van der Waals surface area contributed by atoms with Crippen molar-refractivity contribution in [2.75, 3.05) is 0 Å². The fourth-order valence-corrected chi connectivity index (χ4v) is 3.95. The van der Waals surface area contributed by atoms with Gasteiger partial charge in [-0.25, -0.2) is 9.97 Å². The van der Waals surface area contributed by atoms with E-state index >= 15 is 0 Å². The molecule has 2 aromatic rings. The number of aromatic nitrogens is 3. The largest absolute Gasteiger partial charge is 0.308 e. The molecule has 2 atom stereocenters. The molecule has 0 aromatic carbocycles. The Kier molecular flexibility index (Phi) is 4.48. The number of pyridine rings is 1. The fourth-order valence-electron chi connectivity index (χ4n) is 3.80. The molecular weight excluding hydrogens is 282 g/mol. The van der Waals surface area contributed by atoms with Crippen molar-refractivity contribution in [2.45, 2.75) is 63.8 Å². The molecule has 2 heterocycles. The van der Waals surface area contributed by atoms with Crippen molar-refractivity contribution in [3.63, 3.8) is 0 Å². The van der Waals surface area contributed by atoms with Crippen molar-refractivity contribution in [2.24, 2.45) is 5.92 Å². The third-order valence-corrected chi connectivity index (χ3v) is 4.97. The number of imidazole rings is 1. The van der Waals surface area contributed by atoms with E-state index in [1.165, 1.54) is 32.1 Å². The van der Waals surface area contributed by atoms with Crippen LogP contribution in [0.15, 0.2) is 18.3 Å². The highest BCUT2D eigenvalue weighted by molar-refractivity contribution is 6.20. The Morgan fingerprint density at radius 1 is 1.33 bits per heavy atom. The second-order valence-corrected chi connectivity index (χ2v) is 6.83. The molecule has 4 heteroatoms. The van der Waals surface area contributed by atoms with Gasteiger partial charge in [0.15, 0.2) is 5.65 Å². The van der Waals surface area contributed by atoms with E-state index in [-0.39, 0.29) is 5.38 Å². The second kappa shape index (κ2) is 6.35. The average Bonchev–Trinajstić information content (AvgIpc) is 2.89. The van der Waals surface area contributed by atoms with E-state index in [1.54, 1.807) is 0 Å². The maximum atomic E-state index is 6.41. The number of halogens is 1. The van der Waals surface area contributed by atoms with Gasteiger partial charge in [-0.05, 0) is 44.2 Å². The van der Waals surface area contributed by atoms with Gasteiger partial charge in [-0.3, -0.25) is 0 Å². The average molecular weight is 306 g/mol. The molecule has 1 saturated carbocycles. The number of hydrogen-bond donors (Lipinski definition) is 0. The summed E-state index contributed by atoms with van der Waals surface area (Å²) >= 11 is 6.41. The number of nitrogens with zero attached hydrogens (tertiary/aromatic N) is 3. The maximum Gasteiger partial charge on any atom is 0.160 e. The molecule has 3 rings (SSSR count). The zero-order valence-corrected chi connectivity index (χ0v) is 13.7. The minimum Gasteiger partial charge on any atom is -0.308 e. The van der Waals surface area contributed by atoms with Crippen LogP contribution in [0.25, 0.3) is 11.2 Å². The Hall–Kier alpha value is -1.09. The first-order chi connectivity index (χ1) is 10.2. The Morgan fingerprint density at radius 2 is 2.10 bits per heavy atom. The van der Waals surface area contributed by atoms with Gasteiger partial charge in [0.05, 0.1) is 5.38 Å². The van der Waals surface area contributed by atoms with Crippen LogP contribution in [0.3, 0.4) is 0 Å². The highest BCUT2D eigenvalue weighted by Gasteiger charge is 2.28. The molecular formula is C17H24ClN3. The summed E-state index contributed by atoms with van der Waals surface area (Å²) in [5.74, 6) is 1.71. The lowest BCUT2D eigenvalue weighted by Crippen LogP contribution is -2.23. The van der Waals surface area contributed by atoms with Gasteiger partial charge in [-0.2, -0.15) is 0 Å². The zero-order valence-electron chi connectivity index (χ0n) is 12.9. The van der Waals surface area contributed by atoms with Crippen molar-refractivity contribution in [1.29, 1.82) is 0 Å². The van der Waals surface area contributed by atoms with Gasteiger partial charge in [-0.1, -0.05) is 26.2 Å². The van der Waals surface area contributed by atoms with Crippen molar-refractivity contribution in [1.82, 2.24) is 14.5 Å². The lowest BCUT2D eigenvalue weighted by Gasteiger charge is -2.32. The van der Waals surface area contributed by atoms with Crippen LogP contribution in [-0.4, -0.2) is 14.5 Å². The van der Waals surface area contributed by atoms with E-state index in [1.807, 2.05) is 25.3 Å². The first-order valence-corrected chi connectivity index (χ1v) is 8.63.